The molecule has 0 aliphatic carbocycles. The van der Waals surface area contributed by atoms with Gasteiger partial charge in [-0.3, -0.25) is 4.79 Å². The van der Waals surface area contributed by atoms with Crippen LogP contribution in [0.5, 0.6) is 5.75 Å². The number of rotatable bonds is 3. The van der Waals surface area contributed by atoms with Gasteiger partial charge in [-0.2, -0.15) is 5.26 Å². The fraction of sp³-hybridized carbons (Fsp3) is 0.0667. The minimum Gasteiger partial charge on any atom is -0.508 e. The first kappa shape index (κ1) is 12.7. The summed E-state index contributed by atoms with van der Waals surface area (Å²) in [6.45, 7) is 0.394. The van der Waals surface area contributed by atoms with Crippen molar-refractivity contribution in [3.63, 3.8) is 0 Å². The lowest BCUT2D eigenvalue weighted by atomic mass is 10.1. The normalized spacial score (nSPS) is 9.63. The minimum absolute atomic E-state index is 0.128. The molecule has 0 aliphatic rings. The van der Waals surface area contributed by atoms with Crippen LogP contribution in [0.15, 0.2) is 48.5 Å². The standard InChI is InChI=1S/C15H12N2O2/c16-9-11-1-3-12(4-2-11)10-17-15(19)13-5-7-14(18)8-6-13/h1-8,18H,10H2,(H,17,19). The highest BCUT2D eigenvalue weighted by Gasteiger charge is 2.04. The third-order valence-electron chi connectivity index (χ3n) is 2.67. The van der Waals surface area contributed by atoms with Crippen LogP contribution in [-0.2, 0) is 6.54 Å². The van der Waals surface area contributed by atoms with E-state index in [0.29, 0.717) is 17.7 Å². The van der Waals surface area contributed by atoms with Gasteiger partial charge in [0.05, 0.1) is 11.6 Å². The zero-order valence-corrected chi connectivity index (χ0v) is 10.1. The van der Waals surface area contributed by atoms with Gasteiger partial charge in [0.15, 0.2) is 0 Å². The molecule has 0 saturated carbocycles. The van der Waals surface area contributed by atoms with Crippen molar-refractivity contribution in [1.29, 1.82) is 5.26 Å². The van der Waals surface area contributed by atoms with Crippen molar-refractivity contribution in [2.75, 3.05) is 0 Å². The molecule has 0 aliphatic heterocycles. The predicted octanol–water partition coefficient (Wildman–Crippen LogP) is 2.19. The van der Waals surface area contributed by atoms with Crippen LogP contribution < -0.4 is 5.32 Å². The Bertz CT molecular complexity index is 610. The summed E-state index contributed by atoms with van der Waals surface area (Å²) in [4.78, 5) is 11.8. The number of phenols is 1. The summed E-state index contributed by atoms with van der Waals surface area (Å²) in [5.41, 5.74) is 2.01. The Morgan fingerprint density at radius 3 is 2.32 bits per heavy atom. The number of carbonyl (C=O) groups is 1. The van der Waals surface area contributed by atoms with E-state index in [0.717, 1.165) is 5.56 Å². The molecule has 19 heavy (non-hydrogen) atoms. The molecular weight excluding hydrogens is 240 g/mol. The van der Waals surface area contributed by atoms with Crippen molar-refractivity contribution >= 4 is 5.91 Å². The molecule has 0 spiro atoms. The second-order valence-corrected chi connectivity index (χ2v) is 4.04. The van der Waals surface area contributed by atoms with E-state index in [2.05, 4.69) is 5.32 Å². The minimum atomic E-state index is -0.204. The van der Waals surface area contributed by atoms with E-state index in [1.165, 1.54) is 12.1 Å². The van der Waals surface area contributed by atoms with Crippen LogP contribution in [0.4, 0.5) is 0 Å². The van der Waals surface area contributed by atoms with Crippen molar-refractivity contribution in [1.82, 2.24) is 5.32 Å². The second kappa shape index (κ2) is 5.69. The highest BCUT2D eigenvalue weighted by molar-refractivity contribution is 5.94. The topological polar surface area (TPSA) is 73.1 Å². The first-order valence-corrected chi connectivity index (χ1v) is 5.75. The molecule has 0 atom stereocenters. The number of hydrogen-bond acceptors (Lipinski definition) is 3. The smallest absolute Gasteiger partial charge is 0.251 e. The average molecular weight is 252 g/mol. The second-order valence-electron chi connectivity index (χ2n) is 4.04. The monoisotopic (exact) mass is 252 g/mol. The number of nitrogens with one attached hydrogen (secondary N) is 1. The molecule has 0 radical (unpaired) electrons. The van der Waals surface area contributed by atoms with Gasteiger partial charge in [0.25, 0.3) is 5.91 Å². The average Bonchev–Trinajstić information content (AvgIpc) is 2.46. The number of nitriles is 1. The van der Waals surface area contributed by atoms with Gasteiger partial charge in [0, 0.05) is 12.1 Å². The van der Waals surface area contributed by atoms with E-state index in [1.54, 1.807) is 36.4 Å². The van der Waals surface area contributed by atoms with Crippen LogP contribution in [0, 0.1) is 11.3 Å². The molecular formula is C15H12N2O2. The zero-order valence-electron chi connectivity index (χ0n) is 10.1. The molecule has 2 N–H and O–H groups in total. The lowest BCUT2D eigenvalue weighted by molar-refractivity contribution is 0.0951. The maximum absolute atomic E-state index is 11.8. The molecule has 4 nitrogen and oxygen atoms in total. The SMILES string of the molecule is N#Cc1ccc(CNC(=O)c2ccc(O)cc2)cc1. The number of phenolic OH excluding ortho intramolecular Hbond substituents is 1. The molecule has 0 saturated heterocycles. The maximum atomic E-state index is 11.8. The Morgan fingerprint density at radius 1 is 1.11 bits per heavy atom. The van der Waals surface area contributed by atoms with Crippen molar-refractivity contribution in [3.05, 3.63) is 65.2 Å². The Labute approximate surface area is 110 Å². The van der Waals surface area contributed by atoms with Crippen LogP contribution in [0.2, 0.25) is 0 Å². The van der Waals surface area contributed by atoms with Crippen LogP contribution >= 0.6 is 0 Å². The van der Waals surface area contributed by atoms with Gasteiger partial charge >= 0.3 is 0 Å². The van der Waals surface area contributed by atoms with Crippen molar-refractivity contribution in [3.8, 4) is 11.8 Å². The third kappa shape index (κ3) is 3.33. The summed E-state index contributed by atoms with van der Waals surface area (Å²) in [5, 5.41) is 20.6. The first-order chi connectivity index (χ1) is 9.19. The largest absolute Gasteiger partial charge is 0.508 e. The van der Waals surface area contributed by atoms with Crippen LogP contribution in [0.1, 0.15) is 21.5 Å². The molecule has 0 unspecified atom stereocenters. The number of nitrogens with zero attached hydrogens (tertiary/aromatic N) is 1. The molecule has 2 aromatic rings. The van der Waals surface area contributed by atoms with E-state index in [-0.39, 0.29) is 11.7 Å². The molecule has 94 valence electrons. The Balaban J connectivity index is 1.96. The Kier molecular flexibility index (Phi) is 3.79. The molecule has 0 fully saturated rings. The summed E-state index contributed by atoms with van der Waals surface area (Å²) in [7, 11) is 0. The van der Waals surface area contributed by atoms with Crippen LogP contribution in [-0.4, -0.2) is 11.0 Å². The molecule has 2 rings (SSSR count). The molecule has 0 bridgehead atoms. The van der Waals surface area contributed by atoms with Crippen LogP contribution in [0.25, 0.3) is 0 Å². The Morgan fingerprint density at radius 2 is 1.74 bits per heavy atom. The number of aromatic hydroxyl groups is 1. The summed E-state index contributed by atoms with van der Waals surface area (Å²) in [6.07, 6.45) is 0. The van der Waals surface area contributed by atoms with E-state index >= 15 is 0 Å². The fourth-order valence-electron chi connectivity index (χ4n) is 1.59. The maximum Gasteiger partial charge on any atom is 0.251 e. The van der Waals surface area contributed by atoms with Gasteiger partial charge in [-0.25, -0.2) is 0 Å². The van der Waals surface area contributed by atoms with Gasteiger partial charge < -0.3 is 10.4 Å². The zero-order chi connectivity index (χ0) is 13.7. The number of amides is 1. The highest BCUT2D eigenvalue weighted by atomic mass is 16.3. The molecule has 4 heteroatoms. The van der Waals surface area contributed by atoms with E-state index in [1.807, 2.05) is 6.07 Å². The lowest BCUT2D eigenvalue weighted by Crippen LogP contribution is -2.22. The van der Waals surface area contributed by atoms with Gasteiger partial charge in [0.1, 0.15) is 5.75 Å². The van der Waals surface area contributed by atoms with E-state index < -0.39 is 0 Å². The van der Waals surface area contributed by atoms with Gasteiger partial charge in [-0.1, -0.05) is 12.1 Å². The number of hydrogen-bond donors (Lipinski definition) is 2. The molecule has 2 aromatic carbocycles. The first-order valence-electron chi connectivity index (χ1n) is 5.75. The summed E-state index contributed by atoms with van der Waals surface area (Å²) >= 11 is 0. The van der Waals surface area contributed by atoms with Crippen molar-refractivity contribution < 1.29 is 9.90 Å². The third-order valence-corrected chi connectivity index (χ3v) is 2.67. The molecule has 1 amide bonds. The van der Waals surface area contributed by atoms with Crippen molar-refractivity contribution in [2.45, 2.75) is 6.54 Å². The number of benzene rings is 2. The number of carbonyl (C=O) groups excluding carboxylic acids is 1. The molecule has 0 aromatic heterocycles. The lowest BCUT2D eigenvalue weighted by Gasteiger charge is -2.05. The predicted molar refractivity (Wildman–Crippen MR) is 70.4 cm³/mol. The fourth-order valence-corrected chi connectivity index (χ4v) is 1.59. The summed E-state index contributed by atoms with van der Waals surface area (Å²) in [5.74, 6) is -0.0759. The van der Waals surface area contributed by atoms with Gasteiger partial charge in [-0.15, -0.1) is 0 Å². The van der Waals surface area contributed by atoms with Crippen LogP contribution in [0.3, 0.4) is 0 Å². The molecule has 0 heterocycles. The van der Waals surface area contributed by atoms with E-state index in [4.69, 9.17) is 10.4 Å². The van der Waals surface area contributed by atoms with E-state index in [9.17, 15) is 4.79 Å². The highest BCUT2D eigenvalue weighted by Crippen LogP contribution is 2.10. The summed E-state index contributed by atoms with van der Waals surface area (Å²) < 4.78 is 0. The van der Waals surface area contributed by atoms with Gasteiger partial charge in [-0.05, 0) is 42.0 Å². The summed E-state index contributed by atoms with van der Waals surface area (Å²) in [6, 6.07) is 15.1. The van der Waals surface area contributed by atoms with Gasteiger partial charge in [0.2, 0.25) is 0 Å². The Hall–Kier alpha value is -2.80. The van der Waals surface area contributed by atoms with Crippen molar-refractivity contribution in [2.24, 2.45) is 0 Å². The quantitative estimate of drug-likeness (QED) is 0.879.